The lowest BCUT2D eigenvalue weighted by atomic mass is 10.0. The zero-order valence-electron chi connectivity index (χ0n) is 8.62. The second-order valence-electron chi connectivity index (χ2n) is 3.54. The summed E-state index contributed by atoms with van der Waals surface area (Å²) in [6.45, 7) is 0. The molecule has 0 aliphatic carbocycles. The predicted molar refractivity (Wildman–Crippen MR) is 69.9 cm³/mol. The lowest BCUT2D eigenvalue weighted by Crippen LogP contribution is -1.81. The van der Waals surface area contributed by atoms with E-state index in [0.29, 0.717) is 5.56 Å². The van der Waals surface area contributed by atoms with E-state index >= 15 is 0 Å². The fraction of sp³-hybridized carbons (Fsp3) is 0. The molecule has 0 aliphatic rings. The van der Waals surface area contributed by atoms with E-state index in [9.17, 15) is 0 Å². The highest BCUT2D eigenvalue weighted by molar-refractivity contribution is 7.64. The first-order valence-electron chi connectivity index (χ1n) is 4.93. The minimum Gasteiger partial charge on any atom is -0.192 e. The molecule has 3 nitrogen and oxygen atoms in total. The van der Waals surface area contributed by atoms with Gasteiger partial charge in [-0.05, 0) is 29.0 Å². The molecule has 3 rings (SSSR count). The lowest BCUT2D eigenvalue weighted by molar-refractivity contribution is 1.39. The molecular weight excluding hydrogens is 250 g/mol. The summed E-state index contributed by atoms with van der Waals surface area (Å²) in [4.78, 5) is 0. The highest BCUT2D eigenvalue weighted by Crippen LogP contribution is 2.24. The Morgan fingerprint density at radius 1 is 1.12 bits per heavy atom. The fourth-order valence-corrected chi connectivity index (χ4v) is 2.86. The smallest absolute Gasteiger partial charge is 0.192 e. The van der Waals surface area contributed by atoms with Gasteiger partial charge in [-0.15, -0.1) is 4.37 Å². The van der Waals surface area contributed by atoms with Gasteiger partial charge >= 0.3 is 21.1 Å². The topological polar surface area (TPSA) is 49.6 Å². The average molecular weight is 256 g/mol. The first-order valence-corrected chi connectivity index (χ1v) is 6.99. The number of hydrogen-bond acceptors (Lipinski definition) is 4. The number of rotatable bonds is 1. The summed E-state index contributed by atoms with van der Waals surface area (Å²) < 4.78 is 8.45. The molecule has 0 unspecified atom stereocenters. The van der Waals surface area contributed by atoms with E-state index in [0.717, 1.165) is 22.2 Å². The zero-order valence-corrected chi connectivity index (χ0v) is 10.3. The molecule has 1 aromatic heterocycles. The van der Waals surface area contributed by atoms with Crippen molar-refractivity contribution in [3.05, 3.63) is 42.0 Å². The highest BCUT2D eigenvalue weighted by atomic mass is 32.9. The Morgan fingerprint density at radius 2 is 1.94 bits per heavy atom. The third-order valence-corrected chi connectivity index (χ3v) is 3.72. The van der Waals surface area contributed by atoms with Gasteiger partial charge < -0.3 is 0 Å². The third-order valence-electron chi connectivity index (χ3n) is 2.51. The van der Waals surface area contributed by atoms with Crippen LogP contribution in [0.5, 0.6) is 0 Å². The van der Waals surface area contributed by atoms with E-state index in [1.807, 2.05) is 36.4 Å². The number of aromatic nitrogens is 2. The second kappa shape index (κ2) is 4.17. The van der Waals surface area contributed by atoms with Crippen LogP contribution < -0.4 is 0 Å². The molecule has 17 heavy (non-hydrogen) atoms. The summed E-state index contributed by atoms with van der Waals surface area (Å²) in [5.41, 5.74) is 1.69. The van der Waals surface area contributed by atoms with E-state index in [4.69, 9.17) is 5.26 Å². The third kappa shape index (κ3) is 1.88. The van der Waals surface area contributed by atoms with Gasteiger partial charge in [0.05, 0.1) is 16.0 Å². The number of fused-ring (bicyclic) bond motifs is 1. The van der Waals surface area contributed by atoms with Crippen LogP contribution in [0.2, 0.25) is 0 Å². The minimum atomic E-state index is 0.680. The largest absolute Gasteiger partial charge is 0.462 e. The first-order chi connectivity index (χ1) is 8.36. The molecule has 0 saturated heterocycles. The van der Waals surface area contributed by atoms with Gasteiger partial charge in [0.2, 0.25) is 5.82 Å². The van der Waals surface area contributed by atoms with Crippen molar-refractivity contribution in [1.82, 2.24) is 8.75 Å². The van der Waals surface area contributed by atoms with Crippen LogP contribution in [0, 0.1) is 11.3 Å². The molecular formula is C12H6N3S2+. The number of nitrogens with zero attached hydrogens (tertiary/aromatic N) is 3. The maximum Gasteiger partial charge on any atom is 0.462 e. The molecule has 0 amide bonds. The zero-order chi connectivity index (χ0) is 11.7. The van der Waals surface area contributed by atoms with Gasteiger partial charge in [-0.25, -0.2) is 0 Å². The van der Waals surface area contributed by atoms with Gasteiger partial charge in [-0.2, -0.15) is 5.26 Å². The van der Waals surface area contributed by atoms with E-state index in [2.05, 4.69) is 14.8 Å². The summed E-state index contributed by atoms with van der Waals surface area (Å²) in [5, 5.41) is 11.0. The normalized spacial score (nSPS) is 10.3. The maximum absolute atomic E-state index is 8.83. The van der Waals surface area contributed by atoms with Gasteiger partial charge in [0, 0.05) is 5.56 Å². The Morgan fingerprint density at radius 3 is 2.71 bits per heavy atom. The standard InChI is InChI=1S/C12H6N3S2/c13-7-8-1-2-10-6-11(4-3-9(10)5-8)12-14-16-17-15-12/h1-6H/q+1. The molecule has 0 aliphatic heterocycles. The Kier molecular flexibility index (Phi) is 2.52. The van der Waals surface area contributed by atoms with Gasteiger partial charge in [0.1, 0.15) is 0 Å². The van der Waals surface area contributed by atoms with Crippen molar-refractivity contribution in [2.24, 2.45) is 0 Å². The number of nitriles is 1. The Labute approximate surface area is 105 Å². The number of hydrogen-bond donors (Lipinski definition) is 0. The molecule has 0 N–H and O–H groups in total. The van der Waals surface area contributed by atoms with Crippen LogP contribution in [-0.4, -0.2) is 8.75 Å². The van der Waals surface area contributed by atoms with Crippen molar-refractivity contribution in [2.45, 2.75) is 0 Å². The molecule has 0 atom stereocenters. The molecule has 0 bridgehead atoms. The molecule has 2 aromatic carbocycles. The molecule has 1 heterocycles. The SMILES string of the molecule is N#Cc1ccc2cc(-c3ns[s+]n3)ccc2c1. The van der Waals surface area contributed by atoms with Crippen molar-refractivity contribution in [1.29, 1.82) is 5.26 Å². The quantitative estimate of drug-likeness (QED) is 0.494. The van der Waals surface area contributed by atoms with E-state index in [1.165, 1.54) is 21.1 Å². The Bertz CT molecular complexity index is 714. The van der Waals surface area contributed by atoms with Crippen molar-refractivity contribution >= 4 is 31.8 Å². The van der Waals surface area contributed by atoms with Gasteiger partial charge in [-0.1, -0.05) is 18.2 Å². The highest BCUT2D eigenvalue weighted by Gasteiger charge is 2.09. The molecule has 0 spiro atoms. The molecule has 0 radical (unpaired) electrons. The van der Waals surface area contributed by atoms with Crippen molar-refractivity contribution < 1.29 is 0 Å². The van der Waals surface area contributed by atoms with Crippen molar-refractivity contribution in [3.8, 4) is 17.5 Å². The monoisotopic (exact) mass is 256 g/mol. The first kappa shape index (κ1) is 10.3. The van der Waals surface area contributed by atoms with Gasteiger partial charge in [0.15, 0.2) is 0 Å². The summed E-state index contributed by atoms with van der Waals surface area (Å²) in [6, 6.07) is 13.8. The molecule has 5 heteroatoms. The fourth-order valence-electron chi connectivity index (χ4n) is 1.68. The van der Waals surface area contributed by atoms with Crippen LogP contribution in [0.15, 0.2) is 36.4 Å². The van der Waals surface area contributed by atoms with Crippen LogP contribution in [0.3, 0.4) is 0 Å². The van der Waals surface area contributed by atoms with E-state index in [-0.39, 0.29) is 0 Å². The van der Waals surface area contributed by atoms with Crippen LogP contribution in [-0.2, 0) is 0 Å². The van der Waals surface area contributed by atoms with Crippen molar-refractivity contribution in [3.63, 3.8) is 0 Å². The molecule has 3 aromatic rings. The molecule has 0 fully saturated rings. The Hall–Kier alpha value is -1.90. The van der Waals surface area contributed by atoms with Crippen LogP contribution in [0.25, 0.3) is 22.2 Å². The predicted octanol–water partition coefficient (Wildman–Crippen LogP) is 3.57. The minimum absolute atomic E-state index is 0.680. The van der Waals surface area contributed by atoms with Gasteiger partial charge in [0.25, 0.3) is 0 Å². The van der Waals surface area contributed by atoms with E-state index < -0.39 is 0 Å². The number of benzene rings is 2. The summed E-state index contributed by atoms with van der Waals surface area (Å²) in [6.07, 6.45) is 0. The van der Waals surface area contributed by atoms with E-state index in [1.54, 1.807) is 0 Å². The van der Waals surface area contributed by atoms with Crippen LogP contribution >= 0.6 is 21.1 Å². The Balaban J connectivity index is 2.18. The second-order valence-corrected chi connectivity index (χ2v) is 5.10. The van der Waals surface area contributed by atoms with Crippen LogP contribution in [0.4, 0.5) is 0 Å². The van der Waals surface area contributed by atoms with Crippen LogP contribution in [0.1, 0.15) is 5.56 Å². The lowest BCUT2D eigenvalue weighted by Gasteiger charge is -1.99. The van der Waals surface area contributed by atoms with Gasteiger partial charge in [-0.3, -0.25) is 0 Å². The molecule has 80 valence electrons. The summed E-state index contributed by atoms with van der Waals surface area (Å²) >= 11 is 0. The summed E-state index contributed by atoms with van der Waals surface area (Å²) in [7, 11) is 2.77. The molecule has 0 saturated carbocycles. The summed E-state index contributed by atoms with van der Waals surface area (Å²) in [5.74, 6) is 0.770. The van der Waals surface area contributed by atoms with Crippen molar-refractivity contribution in [2.75, 3.05) is 0 Å². The maximum atomic E-state index is 8.83. The average Bonchev–Trinajstić information content (AvgIpc) is 2.91.